The summed E-state index contributed by atoms with van der Waals surface area (Å²) in [6.07, 6.45) is 72.7. The molecule has 0 spiro atoms. The monoisotopic (exact) mass is 1320 g/mol. The number of rotatable bonds is 21. The molecule has 0 heteroatoms. The van der Waals surface area contributed by atoms with E-state index in [1.165, 1.54) is 208 Å². The van der Waals surface area contributed by atoms with E-state index < -0.39 is 0 Å². The van der Waals surface area contributed by atoms with E-state index in [-0.39, 0.29) is 1.43 Å². The third-order valence-electron chi connectivity index (χ3n) is 26.1. The summed E-state index contributed by atoms with van der Waals surface area (Å²) in [6, 6.07) is 8.49. The molecule has 2 aromatic carbocycles. The normalized spacial score (nSPS) is 28.8. The molecule has 0 saturated heterocycles. The Balaban J connectivity index is 0.000000406. The summed E-state index contributed by atoms with van der Waals surface area (Å²) in [5.74, 6) is 15.8. The van der Waals surface area contributed by atoms with Gasteiger partial charge in [-0.15, -0.1) is 0 Å². The Kier molecular flexibility index (Phi) is 46.7. The summed E-state index contributed by atoms with van der Waals surface area (Å²) in [7, 11) is 0. The second-order valence-electron chi connectivity index (χ2n) is 32.4. The number of hydrogen-bond donors (Lipinski definition) is 0. The topological polar surface area (TPSA) is 0 Å². The highest BCUT2D eigenvalue weighted by atomic mass is 14.5. The molecule has 0 N–H and O–H groups in total. The SMILES string of the molecule is CC.CC=CC(C)=C(C)C=CCCC.CC=CCC1CC2CCC(CC)CC2C1CCC=CCCC.CCC.CCC1CCC2CCCC2C1.CCC1CCC2CCCC2C1.CCCCc1c(C)c(CC)c(C)c(C)c1C1CC2CCC(CC)CC2C1.CCc1ccccc1C.[HH]. The predicted molar refractivity (Wildman–Crippen MR) is 438 cm³/mol. The Hall–Kier alpha value is -2.86. The molecule has 8 fully saturated rings. The van der Waals surface area contributed by atoms with Crippen molar-refractivity contribution in [3.63, 3.8) is 0 Å². The van der Waals surface area contributed by atoms with Gasteiger partial charge in [0.05, 0.1) is 0 Å². The third-order valence-corrected chi connectivity index (χ3v) is 26.1. The van der Waals surface area contributed by atoms with Gasteiger partial charge in [-0.25, -0.2) is 0 Å². The fraction of sp³-hybridized carbons (Fsp3) is 0.771. The van der Waals surface area contributed by atoms with Gasteiger partial charge in [0, 0.05) is 1.43 Å². The Bertz CT molecular complexity index is 2420. The second kappa shape index (κ2) is 51.3. The zero-order valence-corrected chi connectivity index (χ0v) is 68.5. The summed E-state index contributed by atoms with van der Waals surface area (Å²) >= 11 is 0. The minimum Gasteiger partial charge on any atom is -0.0917 e. The first-order valence-electron chi connectivity index (χ1n) is 43.0. The van der Waals surface area contributed by atoms with Crippen molar-refractivity contribution < 1.29 is 1.43 Å². The molecule has 15 atom stereocenters. The van der Waals surface area contributed by atoms with Gasteiger partial charge < -0.3 is 0 Å². The molecule has 2 aromatic rings. The van der Waals surface area contributed by atoms with E-state index in [1.807, 2.05) is 20.8 Å². The Morgan fingerprint density at radius 3 is 1.45 bits per heavy atom. The molecule has 0 nitrogen and oxygen atoms in total. The number of unbranched alkanes of at least 4 members (excludes halogenated alkanes) is 3. The van der Waals surface area contributed by atoms with Gasteiger partial charge in [-0.05, 0) is 328 Å². The summed E-state index contributed by atoms with van der Waals surface area (Å²) in [5, 5.41) is 0. The van der Waals surface area contributed by atoms with E-state index >= 15 is 0 Å². The Labute approximate surface area is 604 Å². The Morgan fingerprint density at radius 2 is 0.938 bits per heavy atom. The van der Waals surface area contributed by atoms with Crippen LogP contribution in [-0.4, -0.2) is 0 Å². The van der Waals surface area contributed by atoms with Crippen molar-refractivity contribution in [3.8, 4) is 0 Å². The van der Waals surface area contributed by atoms with Gasteiger partial charge in [-0.3, -0.25) is 0 Å². The van der Waals surface area contributed by atoms with Gasteiger partial charge in [-0.1, -0.05) is 278 Å². The highest BCUT2D eigenvalue weighted by Gasteiger charge is 2.45. The predicted octanol–water partition coefficient (Wildman–Crippen LogP) is 31.7. The van der Waals surface area contributed by atoms with Crippen molar-refractivity contribution in [2.24, 2.45) is 82.9 Å². The van der Waals surface area contributed by atoms with Crippen molar-refractivity contribution >= 4 is 0 Å². The highest BCUT2D eigenvalue weighted by molar-refractivity contribution is 5.52. The van der Waals surface area contributed by atoms with Crippen molar-refractivity contribution in [2.45, 2.75) is 395 Å². The molecule has 0 aliphatic heterocycles. The molecule has 0 aromatic heterocycles. The van der Waals surface area contributed by atoms with Crippen LogP contribution in [0, 0.1) is 111 Å². The van der Waals surface area contributed by atoms with Crippen LogP contribution in [0.1, 0.15) is 394 Å². The van der Waals surface area contributed by atoms with E-state index in [4.69, 9.17) is 0 Å². The van der Waals surface area contributed by atoms with E-state index in [0.717, 1.165) is 95.2 Å². The average molecular weight is 1320 g/mol. The number of aryl methyl sites for hydroxylation is 2. The van der Waals surface area contributed by atoms with Crippen molar-refractivity contribution in [3.05, 3.63) is 129 Å². The van der Waals surface area contributed by atoms with Crippen LogP contribution in [0.15, 0.2) is 84.0 Å². The third kappa shape index (κ3) is 29.2. The Morgan fingerprint density at radius 1 is 0.448 bits per heavy atom. The minimum absolute atomic E-state index is 0. The van der Waals surface area contributed by atoms with E-state index in [0.29, 0.717) is 0 Å². The fourth-order valence-corrected chi connectivity index (χ4v) is 20.0. The number of hydrogen-bond acceptors (Lipinski definition) is 0. The first-order valence-corrected chi connectivity index (χ1v) is 43.0. The molecule has 0 bridgehead atoms. The maximum absolute atomic E-state index is 2.46. The quantitative estimate of drug-likeness (QED) is 0.0863. The van der Waals surface area contributed by atoms with Crippen LogP contribution in [0.4, 0.5) is 0 Å². The number of allylic oxidation sites excluding steroid dienone is 10. The minimum atomic E-state index is 0. The van der Waals surface area contributed by atoms with E-state index in [9.17, 15) is 0 Å². The van der Waals surface area contributed by atoms with Crippen molar-refractivity contribution in [1.29, 1.82) is 0 Å². The number of benzene rings is 2. The van der Waals surface area contributed by atoms with Gasteiger partial charge in [0.15, 0.2) is 0 Å². The van der Waals surface area contributed by atoms with Crippen LogP contribution < -0.4 is 0 Å². The smallest absolute Gasteiger partial charge is 0 e. The van der Waals surface area contributed by atoms with Crippen LogP contribution in [0.2, 0.25) is 0 Å². The van der Waals surface area contributed by atoms with E-state index in [1.54, 1.807) is 84.7 Å². The van der Waals surface area contributed by atoms with Crippen molar-refractivity contribution in [1.82, 2.24) is 0 Å². The van der Waals surface area contributed by atoms with Crippen LogP contribution in [-0.2, 0) is 19.3 Å². The summed E-state index contributed by atoms with van der Waals surface area (Å²) in [5.41, 5.74) is 15.6. The molecule has 0 amide bonds. The maximum Gasteiger partial charge on any atom is 0 e. The molecular weight excluding hydrogens is 1150 g/mol. The molecule has 0 heterocycles. The summed E-state index contributed by atoms with van der Waals surface area (Å²) in [4.78, 5) is 0. The highest BCUT2D eigenvalue weighted by Crippen LogP contribution is 2.55. The van der Waals surface area contributed by atoms with Crippen LogP contribution in [0.5, 0.6) is 0 Å². The molecule has 96 heavy (non-hydrogen) atoms. The lowest BCUT2D eigenvalue weighted by atomic mass is 9.71. The standard InChI is InChI=1S/C26H42.C22H38.C12H20.2C11H20.C9H12.C3H8.C2H6.H2/c1-7-10-11-25-19(6)24(9-3)17(4)18(5)26(25)23-15-21-13-12-20(8-2)14-22(21)16-23;1-4-7-9-10-11-13-21-19(12-8-5-2)17-20-15-14-18(6-3)16-22(20)21;1-5-7-8-10-12(4)11(3)9-6-2;2*1-2-9-6-7-10-4-3-5-11(10)8-9;1-3-9-7-5-4-6-8(9)2;1-3-2;1-2;/h20-23H,7-16H2,1-6H3;5,8-10,18-22H,4,6-7,11-17H2,1-3H3;6,8-10H,5,7H2,1-4H3;2*9-11H,2-8H2,1H3;4-7H,3H2,1-2H3;3H2,1-2H3;1-2H3;1H. The fourth-order valence-electron chi connectivity index (χ4n) is 20.0. The molecule has 552 valence electrons. The zero-order chi connectivity index (χ0) is 70.8. The van der Waals surface area contributed by atoms with Gasteiger partial charge in [0.2, 0.25) is 0 Å². The van der Waals surface area contributed by atoms with Crippen LogP contribution >= 0.6 is 0 Å². The lowest BCUT2D eigenvalue weighted by Crippen LogP contribution is -2.25. The molecule has 10 rings (SSSR count). The molecule has 0 radical (unpaired) electrons. The first-order chi connectivity index (χ1) is 46.6. The molecule has 8 saturated carbocycles. The lowest BCUT2D eigenvalue weighted by molar-refractivity contribution is 0.159. The van der Waals surface area contributed by atoms with Gasteiger partial charge >= 0.3 is 0 Å². The second-order valence-corrected chi connectivity index (χ2v) is 32.4. The van der Waals surface area contributed by atoms with Gasteiger partial charge in [0.25, 0.3) is 0 Å². The molecule has 15 unspecified atom stereocenters. The lowest BCUT2D eigenvalue weighted by Gasteiger charge is -2.35. The van der Waals surface area contributed by atoms with Gasteiger partial charge in [-0.2, -0.15) is 0 Å². The van der Waals surface area contributed by atoms with Crippen LogP contribution in [0.25, 0.3) is 0 Å². The first kappa shape index (κ1) is 87.4. The average Bonchev–Trinajstić information content (AvgIpc) is 1.76. The largest absolute Gasteiger partial charge is 0.0917 e. The van der Waals surface area contributed by atoms with E-state index in [2.05, 4.69) is 198 Å². The molecule has 8 aliphatic carbocycles. The summed E-state index contributed by atoms with van der Waals surface area (Å²) < 4.78 is 0. The maximum atomic E-state index is 2.46. The number of fused-ring (bicyclic) bond motifs is 4. The van der Waals surface area contributed by atoms with Crippen molar-refractivity contribution in [2.75, 3.05) is 0 Å². The zero-order valence-electron chi connectivity index (χ0n) is 68.5. The molecule has 8 aliphatic rings. The summed E-state index contributed by atoms with van der Waals surface area (Å²) in [6.45, 7) is 47.0. The molecular formula is C96H168. The van der Waals surface area contributed by atoms with Gasteiger partial charge in [0.1, 0.15) is 0 Å². The van der Waals surface area contributed by atoms with Crippen LogP contribution in [0.3, 0.4) is 0 Å².